The molecule has 2 aromatic rings. The highest BCUT2D eigenvalue weighted by atomic mass is 35.5. The second-order valence-electron chi connectivity index (χ2n) is 8.86. The van der Waals surface area contributed by atoms with E-state index in [9.17, 15) is 18.0 Å². The topological polar surface area (TPSA) is 105 Å². The molecule has 0 radical (unpaired) electrons. The van der Waals surface area contributed by atoms with E-state index in [0.717, 1.165) is 10.6 Å². The van der Waals surface area contributed by atoms with Crippen molar-refractivity contribution < 1.29 is 27.5 Å². The van der Waals surface area contributed by atoms with E-state index in [1.165, 1.54) is 11.0 Å². The lowest BCUT2D eigenvalue weighted by Gasteiger charge is -2.32. The molecule has 0 saturated carbocycles. The summed E-state index contributed by atoms with van der Waals surface area (Å²) in [7, 11) is -3.88. The third kappa shape index (κ3) is 7.43. The minimum absolute atomic E-state index is 0.0174. The van der Waals surface area contributed by atoms with Crippen LogP contribution in [0.5, 0.6) is 11.5 Å². The standard InChI is InChI=1S/C25H31Cl2N3O6S/c1-5-16(2)28-25(32)17(3)29(14-18-6-8-20(26)21(27)12-18)24(31)15-30(37(4,33)34)19-7-9-22-23(13-19)36-11-10-35-22/h6-9,12-13,16-17H,5,10-11,14-15H2,1-4H3,(H,28,32)/t16-,17-/m1/s1. The third-order valence-corrected chi connectivity index (χ3v) is 7.88. The van der Waals surface area contributed by atoms with Gasteiger partial charge in [0.1, 0.15) is 25.8 Å². The minimum Gasteiger partial charge on any atom is -0.486 e. The third-order valence-electron chi connectivity index (χ3n) is 6.00. The number of amides is 2. The molecule has 0 bridgehead atoms. The molecule has 0 unspecified atom stereocenters. The Morgan fingerprint density at radius 2 is 1.70 bits per heavy atom. The Kier molecular flexibility index (Phi) is 9.55. The van der Waals surface area contributed by atoms with Gasteiger partial charge in [0.25, 0.3) is 0 Å². The second-order valence-corrected chi connectivity index (χ2v) is 11.6. The van der Waals surface area contributed by atoms with Crippen molar-refractivity contribution in [3.05, 3.63) is 52.0 Å². The first-order valence-corrected chi connectivity index (χ1v) is 14.4. The van der Waals surface area contributed by atoms with Gasteiger partial charge in [-0.2, -0.15) is 0 Å². The lowest BCUT2D eigenvalue weighted by molar-refractivity contribution is -0.139. The van der Waals surface area contributed by atoms with E-state index in [1.54, 1.807) is 37.3 Å². The van der Waals surface area contributed by atoms with Crippen LogP contribution in [0.2, 0.25) is 10.0 Å². The first kappa shape index (κ1) is 28.9. The first-order chi connectivity index (χ1) is 17.4. The number of halogens is 2. The molecule has 0 spiro atoms. The van der Waals surface area contributed by atoms with Crippen molar-refractivity contribution in [2.24, 2.45) is 0 Å². The lowest BCUT2D eigenvalue weighted by atomic mass is 10.1. The molecule has 2 atom stereocenters. The van der Waals surface area contributed by atoms with Crippen molar-refractivity contribution in [3.8, 4) is 11.5 Å². The average molecular weight is 573 g/mol. The number of sulfonamides is 1. The second kappa shape index (κ2) is 12.2. The molecule has 2 aromatic carbocycles. The van der Waals surface area contributed by atoms with E-state index in [-0.39, 0.29) is 24.2 Å². The molecule has 3 rings (SSSR count). The number of nitrogens with one attached hydrogen (secondary N) is 1. The zero-order valence-electron chi connectivity index (χ0n) is 21.2. The van der Waals surface area contributed by atoms with Crippen LogP contribution in [0.25, 0.3) is 0 Å². The molecule has 0 fully saturated rings. The van der Waals surface area contributed by atoms with Gasteiger partial charge in [0, 0.05) is 18.7 Å². The summed E-state index contributed by atoms with van der Waals surface area (Å²) < 4.78 is 37.6. The van der Waals surface area contributed by atoms with Gasteiger partial charge in [-0.3, -0.25) is 13.9 Å². The first-order valence-electron chi connectivity index (χ1n) is 11.8. The lowest BCUT2D eigenvalue weighted by Crippen LogP contribution is -2.52. The Morgan fingerprint density at radius 1 is 1.03 bits per heavy atom. The van der Waals surface area contributed by atoms with Crippen LogP contribution in [0.1, 0.15) is 32.8 Å². The number of rotatable bonds is 10. The largest absolute Gasteiger partial charge is 0.486 e. The Hall–Kier alpha value is -2.69. The van der Waals surface area contributed by atoms with Crippen LogP contribution in [-0.4, -0.2) is 63.2 Å². The fourth-order valence-corrected chi connectivity index (χ4v) is 4.85. The molecule has 1 aliphatic rings. The maximum absolute atomic E-state index is 13.6. The molecule has 1 aliphatic heterocycles. The van der Waals surface area contributed by atoms with E-state index in [0.29, 0.717) is 46.7 Å². The number of hydrogen-bond acceptors (Lipinski definition) is 6. The van der Waals surface area contributed by atoms with Gasteiger partial charge < -0.3 is 19.7 Å². The molecule has 0 saturated heterocycles. The van der Waals surface area contributed by atoms with Gasteiger partial charge in [-0.15, -0.1) is 0 Å². The highest BCUT2D eigenvalue weighted by Crippen LogP contribution is 2.35. The van der Waals surface area contributed by atoms with Gasteiger partial charge >= 0.3 is 0 Å². The van der Waals surface area contributed by atoms with Crippen LogP contribution in [0.3, 0.4) is 0 Å². The van der Waals surface area contributed by atoms with Gasteiger partial charge in [0.2, 0.25) is 21.8 Å². The molecule has 1 N–H and O–H groups in total. The average Bonchev–Trinajstić information content (AvgIpc) is 2.86. The number of anilines is 1. The molecule has 2 amide bonds. The van der Waals surface area contributed by atoms with Gasteiger partial charge in [-0.25, -0.2) is 8.42 Å². The fourth-order valence-electron chi connectivity index (χ4n) is 3.68. The molecule has 37 heavy (non-hydrogen) atoms. The van der Waals surface area contributed by atoms with Gasteiger partial charge in [0.15, 0.2) is 11.5 Å². The Bertz CT molecular complexity index is 1260. The fraction of sp³-hybridized carbons (Fsp3) is 0.440. The van der Waals surface area contributed by atoms with E-state index in [4.69, 9.17) is 32.7 Å². The summed E-state index contributed by atoms with van der Waals surface area (Å²) in [5.74, 6) is -0.0450. The molecule has 202 valence electrons. The maximum atomic E-state index is 13.6. The van der Waals surface area contributed by atoms with E-state index in [1.807, 2.05) is 13.8 Å². The monoisotopic (exact) mass is 571 g/mol. The predicted molar refractivity (Wildman–Crippen MR) is 144 cm³/mol. The van der Waals surface area contributed by atoms with Gasteiger partial charge in [-0.1, -0.05) is 36.2 Å². The summed E-state index contributed by atoms with van der Waals surface area (Å²) in [5, 5.41) is 3.54. The van der Waals surface area contributed by atoms with Crippen molar-refractivity contribution in [2.75, 3.05) is 30.3 Å². The summed E-state index contributed by atoms with van der Waals surface area (Å²) in [4.78, 5) is 27.9. The number of carbonyl (C=O) groups is 2. The molecular formula is C25H31Cl2N3O6S. The Labute approximate surface area is 227 Å². The highest BCUT2D eigenvalue weighted by Gasteiger charge is 2.31. The maximum Gasteiger partial charge on any atom is 0.244 e. The highest BCUT2D eigenvalue weighted by molar-refractivity contribution is 7.92. The van der Waals surface area contributed by atoms with Crippen LogP contribution >= 0.6 is 23.2 Å². The number of fused-ring (bicyclic) bond motifs is 1. The summed E-state index contributed by atoms with van der Waals surface area (Å²) in [5.41, 5.74) is 0.877. The van der Waals surface area contributed by atoms with Crippen LogP contribution in [-0.2, 0) is 26.2 Å². The summed E-state index contributed by atoms with van der Waals surface area (Å²) in [6.07, 6.45) is 1.73. The van der Waals surface area contributed by atoms with E-state index >= 15 is 0 Å². The van der Waals surface area contributed by atoms with Crippen molar-refractivity contribution in [1.29, 1.82) is 0 Å². The Morgan fingerprint density at radius 3 is 2.32 bits per heavy atom. The van der Waals surface area contributed by atoms with Crippen LogP contribution in [0.15, 0.2) is 36.4 Å². The smallest absolute Gasteiger partial charge is 0.244 e. The molecule has 12 heteroatoms. The molecule has 0 aliphatic carbocycles. The van der Waals surface area contributed by atoms with Crippen molar-refractivity contribution in [2.45, 2.75) is 45.8 Å². The number of carbonyl (C=O) groups excluding carboxylic acids is 2. The number of nitrogens with zero attached hydrogens (tertiary/aromatic N) is 2. The molecule has 9 nitrogen and oxygen atoms in total. The molecular weight excluding hydrogens is 541 g/mol. The zero-order chi connectivity index (χ0) is 27.3. The van der Waals surface area contributed by atoms with Crippen molar-refractivity contribution >= 4 is 50.7 Å². The van der Waals surface area contributed by atoms with Crippen molar-refractivity contribution in [3.63, 3.8) is 0 Å². The van der Waals surface area contributed by atoms with E-state index in [2.05, 4.69) is 5.32 Å². The number of hydrogen-bond donors (Lipinski definition) is 1. The predicted octanol–water partition coefficient (Wildman–Crippen LogP) is 3.86. The van der Waals surface area contributed by atoms with Crippen molar-refractivity contribution in [1.82, 2.24) is 10.2 Å². The normalized spacial score (nSPS) is 14.4. The zero-order valence-corrected chi connectivity index (χ0v) is 23.5. The van der Waals surface area contributed by atoms with Gasteiger partial charge in [-0.05, 0) is 50.1 Å². The summed E-state index contributed by atoms with van der Waals surface area (Å²) >= 11 is 12.2. The number of ether oxygens (including phenoxy) is 2. The Balaban J connectivity index is 1.93. The van der Waals surface area contributed by atoms with Gasteiger partial charge in [0.05, 0.1) is 22.0 Å². The van der Waals surface area contributed by atoms with Crippen LogP contribution < -0.4 is 19.1 Å². The SMILES string of the molecule is CC[C@@H](C)NC(=O)[C@@H](C)N(Cc1ccc(Cl)c(Cl)c1)C(=O)CN(c1ccc2c(c1)OCCO2)S(C)(=O)=O. The minimum atomic E-state index is -3.88. The van der Waals surface area contributed by atoms with Crippen LogP contribution in [0, 0.1) is 0 Å². The molecule has 0 aromatic heterocycles. The number of benzene rings is 2. The summed E-state index contributed by atoms with van der Waals surface area (Å²) in [6.45, 7) is 5.61. The quantitative estimate of drug-likeness (QED) is 0.464. The van der Waals surface area contributed by atoms with E-state index < -0.39 is 28.5 Å². The van der Waals surface area contributed by atoms with Crippen LogP contribution in [0.4, 0.5) is 5.69 Å². The summed E-state index contributed by atoms with van der Waals surface area (Å²) in [6, 6.07) is 8.59. The molecule has 1 heterocycles.